The summed E-state index contributed by atoms with van der Waals surface area (Å²) in [6, 6.07) is 9.14. The molecule has 140 valence electrons. The highest BCUT2D eigenvalue weighted by molar-refractivity contribution is 5.81. The van der Waals surface area contributed by atoms with E-state index in [1.165, 1.54) is 17.8 Å². The summed E-state index contributed by atoms with van der Waals surface area (Å²) in [6.07, 6.45) is 8.23. The fraction of sp³-hybridized carbons (Fsp3) is 0.200. The first-order valence-electron chi connectivity index (χ1n) is 8.74. The summed E-state index contributed by atoms with van der Waals surface area (Å²) in [5.74, 6) is -2.82. The number of aromatic nitrogens is 5. The first kappa shape index (κ1) is 17.8. The molecule has 0 saturated carbocycles. The Hall–Kier alpha value is -3.60. The van der Waals surface area contributed by atoms with E-state index in [0.717, 1.165) is 11.2 Å². The van der Waals surface area contributed by atoms with Gasteiger partial charge in [-0.2, -0.15) is 10.4 Å². The number of imidazole rings is 1. The maximum atomic E-state index is 13.7. The molecule has 4 aromatic heterocycles. The summed E-state index contributed by atoms with van der Waals surface area (Å²) in [6.45, 7) is 0.960. The number of nitrogens with zero attached hydrogens (tertiary/aromatic N) is 6. The van der Waals surface area contributed by atoms with Crippen LogP contribution >= 0.6 is 0 Å². The van der Waals surface area contributed by atoms with Crippen molar-refractivity contribution in [3.8, 4) is 28.5 Å². The van der Waals surface area contributed by atoms with Gasteiger partial charge in [0, 0.05) is 47.9 Å². The molecule has 8 heteroatoms. The van der Waals surface area contributed by atoms with E-state index >= 15 is 0 Å². The van der Waals surface area contributed by atoms with Gasteiger partial charge in [-0.1, -0.05) is 6.92 Å². The Labute approximate surface area is 159 Å². The number of pyridine rings is 2. The van der Waals surface area contributed by atoms with E-state index in [4.69, 9.17) is 0 Å². The molecule has 0 saturated heterocycles. The quantitative estimate of drug-likeness (QED) is 0.522. The van der Waals surface area contributed by atoms with Gasteiger partial charge in [0.25, 0.3) is 5.92 Å². The number of hydrogen-bond donors (Lipinski definition) is 0. The summed E-state index contributed by atoms with van der Waals surface area (Å²) in [7, 11) is 0. The molecule has 0 aromatic carbocycles. The molecule has 4 heterocycles. The summed E-state index contributed by atoms with van der Waals surface area (Å²) in [5.41, 5.74) is 3.73. The van der Waals surface area contributed by atoms with Crippen LogP contribution in [0.25, 0.3) is 28.0 Å². The molecule has 0 aliphatic heterocycles. The monoisotopic (exact) mass is 378 g/mol. The van der Waals surface area contributed by atoms with Crippen LogP contribution in [0.3, 0.4) is 0 Å². The number of hydrogen-bond acceptors (Lipinski definition) is 4. The number of fused-ring (bicyclic) bond motifs is 1. The van der Waals surface area contributed by atoms with Crippen LogP contribution in [0, 0.1) is 11.3 Å². The molecule has 0 atom stereocenters. The first-order valence-corrected chi connectivity index (χ1v) is 8.74. The van der Waals surface area contributed by atoms with Crippen LogP contribution in [0.15, 0.2) is 55.2 Å². The largest absolute Gasteiger partial charge is 0.307 e. The van der Waals surface area contributed by atoms with Crippen LogP contribution in [-0.2, 0) is 6.54 Å². The van der Waals surface area contributed by atoms with Crippen LogP contribution in [0.5, 0.6) is 0 Å². The predicted molar refractivity (Wildman–Crippen MR) is 99.6 cm³/mol. The van der Waals surface area contributed by atoms with Gasteiger partial charge >= 0.3 is 0 Å². The number of halogens is 2. The molecule has 4 aromatic rings. The molecule has 0 N–H and O–H groups in total. The summed E-state index contributed by atoms with van der Waals surface area (Å²) in [4.78, 5) is 8.72. The maximum absolute atomic E-state index is 13.7. The standard InChI is InChI=1S/C20H16F2N6/c1-2-20(21,22)13-28-12-15(11-25-28)17-4-3-16(10-23)26-19(17)14-5-7-27-8-6-24-18(27)9-14/h3-9,11-12H,2,13H2,1H3. The van der Waals surface area contributed by atoms with Gasteiger partial charge in [0.15, 0.2) is 0 Å². The minimum atomic E-state index is -2.82. The van der Waals surface area contributed by atoms with Gasteiger partial charge < -0.3 is 4.40 Å². The fourth-order valence-electron chi connectivity index (χ4n) is 2.97. The molecule has 0 radical (unpaired) electrons. The topological polar surface area (TPSA) is 71.8 Å². The highest BCUT2D eigenvalue weighted by Crippen LogP contribution is 2.31. The Kier molecular flexibility index (Phi) is 4.35. The first-order chi connectivity index (χ1) is 13.5. The van der Waals surface area contributed by atoms with E-state index in [9.17, 15) is 14.0 Å². The van der Waals surface area contributed by atoms with Crippen molar-refractivity contribution in [3.63, 3.8) is 0 Å². The fourth-order valence-corrected chi connectivity index (χ4v) is 2.97. The lowest BCUT2D eigenvalue weighted by molar-refractivity contribution is -0.0228. The average molecular weight is 378 g/mol. The predicted octanol–water partition coefficient (Wildman–Crippen LogP) is 4.18. The zero-order valence-electron chi connectivity index (χ0n) is 15.0. The Bertz CT molecular complexity index is 1180. The third-order valence-corrected chi connectivity index (χ3v) is 4.54. The van der Waals surface area contributed by atoms with Crippen LogP contribution in [0.1, 0.15) is 19.0 Å². The molecule has 6 nitrogen and oxygen atoms in total. The molecular formula is C20H16F2N6. The summed E-state index contributed by atoms with van der Waals surface area (Å²) >= 11 is 0. The third kappa shape index (κ3) is 3.34. The van der Waals surface area contributed by atoms with Crippen molar-refractivity contribution < 1.29 is 8.78 Å². The van der Waals surface area contributed by atoms with Crippen molar-refractivity contribution in [2.45, 2.75) is 25.8 Å². The van der Waals surface area contributed by atoms with E-state index in [1.54, 1.807) is 24.5 Å². The second-order valence-corrected chi connectivity index (χ2v) is 6.45. The molecule has 0 unspecified atom stereocenters. The normalized spacial score (nSPS) is 11.6. The minimum Gasteiger partial charge on any atom is -0.307 e. The molecule has 0 spiro atoms. The molecular weight excluding hydrogens is 362 g/mol. The van der Waals surface area contributed by atoms with E-state index in [0.29, 0.717) is 16.8 Å². The van der Waals surface area contributed by atoms with Gasteiger partial charge in [0.2, 0.25) is 0 Å². The number of nitriles is 1. The molecule has 4 rings (SSSR count). The second-order valence-electron chi connectivity index (χ2n) is 6.45. The molecule has 0 fully saturated rings. The minimum absolute atomic E-state index is 0.254. The van der Waals surface area contributed by atoms with Crippen LogP contribution < -0.4 is 0 Å². The zero-order valence-corrected chi connectivity index (χ0v) is 15.0. The molecule has 0 amide bonds. The molecule has 0 aliphatic carbocycles. The Balaban J connectivity index is 1.80. The third-order valence-electron chi connectivity index (χ3n) is 4.54. The average Bonchev–Trinajstić information content (AvgIpc) is 3.35. The lowest BCUT2D eigenvalue weighted by atomic mass is 10.0. The Morgan fingerprint density at radius 2 is 2.04 bits per heavy atom. The van der Waals surface area contributed by atoms with Crippen molar-refractivity contribution in [2.75, 3.05) is 0 Å². The van der Waals surface area contributed by atoms with Crippen molar-refractivity contribution in [2.24, 2.45) is 0 Å². The van der Waals surface area contributed by atoms with E-state index < -0.39 is 12.5 Å². The van der Waals surface area contributed by atoms with Gasteiger partial charge in [0.05, 0.1) is 11.9 Å². The van der Waals surface area contributed by atoms with E-state index in [2.05, 4.69) is 15.1 Å². The summed E-state index contributed by atoms with van der Waals surface area (Å²) < 4.78 is 30.5. The molecule has 28 heavy (non-hydrogen) atoms. The number of alkyl halides is 2. The molecule has 0 bridgehead atoms. The van der Waals surface area contributed by atoms with Gasteiger partial charge in [-0.25, -0.2) is 18.7 Å². The van der Waals surface area contributed by atoms with E-state index in [1.807, 2.05) is 35.0 Å². The Morgan fingerprint density at radius 1 is 1.18 bits per heavy atom. The second kappa shape index (κ2) is 6.85. The van der Waals surface area contributed by atoms with Crippen molar-refractivity contribution in [1.29, 1.82) is 5.26 Å². The highest BCUT2D eigenvalue weighted by atomic mass is 19.3. The smallest absolute Gasteiger partial charge is 0.267 e. The van der Waals surface area contributed by atoms with Gasteiger partial charge in [0.1, 0.15) is 24.0 Å². The Morgan fingerprint density at radius 3 is 2.82 bits per heavy atom. The van der Waals surface area contributed by atoms with Crippen LogP contribution in [0.2, 0.25) is 0 Å². The number of rotatable bonds is 5. The van der Waals surface area contributed by atoms with Gasteiger partial charge in [-0.05, 0) is 24.3 Å². The summed E-state index contributed by atoms with van der Waals surface area (Å²) in [5, 5.41) is 13.3. The maximum Gasteiger partial charge on any atom is 0.267 e. The van der Waals surface area contributed by atoms with Crippen LogP contribution in [0.4, 0.5) is 8.78 Å². The van der Waals surface area contributed by atoms with Crippen molar-refractivity contribution in [1.82, 2.24) is 24.1 Å². The zero-order chi connectivity index (χ0) is 19.7. The molecule has 0 aliphatic rings. The van der Waals surface area contributed by atoms with Crippen molar-refractivity contribution >= 4 is 5.65 Å². The SMILES string of the molecule is CCC(F)(F)Cn1cc(-c2ccc(C#N)nc2-c2ccn3ccnc3c2)cn1. The van der Waals surface area contributed by atoms with Gasteiger partial charge in [-0.15, -0.1) is 0 Å². The lowest BCUT2D eigenvalue weighted by Crippen LogP contribution is -2.22. The van der Waals surface area contributed by atoms with Gasteiger partial charge in [-0.3, -0.25) is 4.68 Å². The van der Waals surface area contributed by atoms with E-state index in [-0.39, 0.29) is 12.1 Å². The van der Waals surface area contributed by atoms with Crippen molar-refractivity contribution in [3.05, 3.63) is 60.9 Å². The lowest BCUT2D eigenvalue weighted by Gasteiger charge is -2.13. The van der Waals surface area contributed by atoms with Crippen LogP contribution in [-0.4, -0.2) is 30.1 Å². The highest BCUT2D eigenvalue weighted by Gasteiger charge is 2.27.